The molecular weight excluding hydrogens is 292 g/mol. The van der Waals surface area contributed by atoms with Crippen LogP contribution >= 0.6 is 11.6 Å². The van der Waals surface area contributed by atoms with E-state index in [4.69, 9.17) is 11.6 Å². The van der Waals surface area contributed by atoms with Crippen LogP contribution in [0, 0.1) is 0 Å². The number of H-pyrrole nitrogens is 1. The molecular formula is C13H17ClN6O. The van der Waals surface area contributed by atoms with E-state index >= 15 is 0 Å². The molecule has 0 aliphatic carbocycles. The van der Waals surface area contributed by atoms with Gasteiger partial charge in [-0.05, 0) is 0 Å². The summed E-state index contributed by atoms with van der Waals surface area (Å²) in [4.78, 5) is 22.9. The Kier molecular flexibility index (Phi) is 4.21. The Balaban J connectivity index is 1.51. The van der Waals surface area contributed by atoms with Crippen molar-refractivity contribution in [1.82, 2.24) is 24.6 Å². The summed E-state index contributed by atoms with van der Waals surface area (Å²) in [5.74, 6) is 0.510. The molecule has 0 saturated carbocycles. The first kappa shape index (κ1) is 14.1. The summed E-state index contributed by atoms with van der Waals surface area (Å²) in [6.07, 6.45) is 6.64. The molecule has 2 aromatic heterocycles. The number of nitrogens with zero attached hydrogens (tertiary/aromatic N) is 5. The van der Waals surface area contributed by atoms with Crippen LogP contribution < -0.4 is 10.5 Å². The monoisotopic (exact) mass is 308 g/mol. The van der Waals surface area contributed by atoms with Gasteiger partial charge in [0, 0.05) is 51.3 Å². The van der Waals surface area contributed by atoms with E-state index in [2.05, 4.69) is 20.0 Å². The van der Waals surface area contributed by atoms with Crippen LogP contribution in [0.5, 0.6) is 0 Å². The van der Waals surface area contributed by atoms with Crippen LogP contribution in [0.3, 0.4) is 0 Å². The lowest BCUT2D eigenvalue weighted by Crippen LogP contribution is -2.48. The minimum absolute atomic E-state index is 0.128. The van der Waals surface area contributed by atoms with Crippen LogP contribution in [-0.4, -0.2) is 57.4 Å². The Bertz CT molecular complexity index is 646. The number of aromatic amines is 1. The smallest absolute Gasteiger partial charge is 0.290 e. The van der Waals surface area contributed by atoms with Crippen LogP contribution in [0.2, 0.25) is 5.02 Å². The van der Waals surface area contributed by atoms with Gasteiger partial charge in [0.1, 0.15) is 0 Å². The first-order valence-corrected chi connectivity index (χ1v) is 7.29. The SMILES string of the molecule is O=c1[nH]ccnc1N1CCN(CCn2cc(Cl)cn2)CC1. The first-order chi connectivity index (χ1) is 10.2. The van der Waals surface area contributed by atoms with E-state index in [0.717, 1.165) is 39.3 Å². The van der Waals surface area contributed by atoms with Gasteiger partial charge in [-0.25, -0.2) is 4.98 Å². The van der Waals surface area contributed by atoms with Gasteiger partial charge in [-0.15, -0.1) is 0 Å². The van der Waals surface area contributed by atoms with Crippen molar-refractivity contribution in [2.45, 2.75) is 6.54 Å². The summed E-state index contributed by atoms with van der Waals surface area (Å²) in [7, 11) is 0. The highest BCUT2D eigenvalue weighted by Crippen LogP contribution is 2.09. The number of hydrogen-bond acceptors (Lipinski definition) is 5. The van der Waals surface area contributed by atoms with Crippen molar-refractivity contribution in [3.05, 3.63) is 40.2 Å². The number of halogens is 1. The molecule has 7 nitrogen and oxygen atoms in total. The molecule has 1 saturated heterocycles. The van der Waals surface area contributed by atoms with Crippen molar-refractivity contribution in [1.29, 1.82) is 0 Å². The fourth-order valence-electron chi connectivity index (χ4n) is 2.46. The van der Waals surface area contributed by atoms with Gasteiger partial charge in [-0.2, -0.15) is 5.10 Å². The van der Waals surface area contributed by atoms with Crippen LogP contribution in [-0.2, 0) is 6.54 Å². The minimum atomic E-state index is -0.128. The predicted molar refractivity (Wildman–Crippen MR) is 80.7 cm³/mol. The third kappa shape index (κ3) is 3.43. The van der Waals surface area contributed by atoms with Crippen molar-refractivity contribution in [2.24, 2.45) is 0 Å². The Labute approximate surface area is 127 Å². The number of aromatic nitrogens is 4. The maximum atomic E-state index is 11.7. The molecule has 0 bridgehead atoms. The molecule has 3 heterocycles. The highest BCUT2D eigenvalue weighted by molar-refractivity contribution is 6.30. The van der Waals surface area contributed by atoms with Crippen molar-refractivity contribution in [2.75, 3.05) is 37.6 Å². The zero-order valence-electron chi connectivity index (χ0n) is 11.6. The van der Waals surface area contributed by atoms with E-state index in [-0.39, 0.29) is 5.56 Å². The number of nitrogens with one attached hydrogen (secondary N) is 1. The molecule has 1 aliphatic heterocycles. The standard InChI is InChI=1S/C13H17ClN6O/c14-11-9-17-20(10-11)8-5-18-3-6-19(7-4-18)12-13(21)16-2-1-15-12/h1-2,9-10H,3-8H2,(H,16,21). The number of piperazine rings is 1. The number of hydrogen-bond donors (Lipinski definition) is 1. The number of anilines is 1. The fourth-order valence-corrected chi connectivity index (χ4v) is 2.61. The van der Waals surface area contributed by atoms with Gasteiger partial charge in [-0.1, -0.05) is 11.6 Å². The molecule has 0 atom stereocenters. The molecule has 3 rings (SSSR count). The lowest BCUT2D eigenvalue weighted by Gasteiger charge is -2.34. The van der Waals surface area contributed by atoms with Crippen molar-refractivity contribution >= 4 is 17.4 Å². The average Bonchev–Trinajstić information content (AvgIpc) is 2.92. The van der Waals surface area contributed by atoms with E-state index in [1.165, 1.54) is 0 Å². The normalized spacial score (nSPS) is 16.3. The topological polar surface area (TPSA) is 70.1 Å². The third-order valence-electron chi connectivity index (χ3n) is 3.61. The van der Waals surface area contributed by atoms with E-state index in [9.17, 15) is 4.79 Å². The van der Waals surface area contributed by atoms with Gasteiger partial charge in [0.25, 0.3) is 5.56 Å². The van der Waals surface area contributed by atoms with Crippen molar-refractivity contribution < 1.29 is 0 Å². The summed E-state index contributed by atoms with van der Waals surface area (Å²) < 4.78 is 1.85. The van der Waals surface area contributed by atoms with Gasteiger partial charge >= 0.3 is 0 Å². The largest absolute Gasteiger partial charge is 0.349 e. The highest BCUT2D eigenvalue weighted by Gasteiger charge is 2.19. The Morgan fingerprint density at radius 2 is 2.05 bits per heavy atom. The van der Waals surface area contributed by atoms with Gasteiger partial charge in [0.05, 0.1) is 17.8 Å². The molecule has 0 unspecified atom stereocenters. The predicted octanol–water partition coefficient (Wildman–Crippen LogP) is 0.442. The van der Waals surface area contributed by atoms with E-state index in [0.29, 0.717) is 10.8 Å². The minimum Gasteiger partial charge on any atom is -0.349 e. The van der Waals surface area contributed by atoms with E-state index < -0.39 is 0 Å². The second-order valence-electron chi connectivity index (χ2n) is 4.99. The summed E-state index contributed by atoms with van der Waals surface area (Å²) in [5, 5.41) is 4.83. The zero-order chi connectivity index (χ0) is 14.7. The Morgan fingerprint density at radius 3 is 2.71 bits per heavy atom. The Hall–Kier alpha value is -1.86. The lowest BCUT2D eigenvalue weighted by atomic mass is 10.3. The first-order valence-electron chi connectivity index (χ1n) is 6.91. The van der Waals surface area contributed by atoms with Crippen molar-refractivity contribution in [3.63, 3.8) is 0 Å². The van der Waals surface area contributed by atoms with Crippen LogP contribution in [0.15, 0.2) is 29.6 Å². The fraction of sp³-hybridized carbons (Fsp3) is 0.462. The van der Waals surface area contributed by atoms with Gasteiger partial charge in [0.2, 0.25) is 0 Å². The molecule has 1 fully saturated rings. The average molecular weight is 309 g/mol. The van der Waals surface area contributed by atoms with E-state index in [1.54, 1.807) is 18.6 Å². The molecule has 0 amide bonds. The van der Waals surface area contributed by atoms with Crippen molar-refractivity contribution in [3.8, 4) is 0 Å². The molecule has 0 spiro atoms. The van der Waals surface area contributed by atoms with E-state index in [1.807, 2.05) is 15.8 Å². The summed E-state index contributed by atoms with van der Waals surface area (Å²) in [6.45, 7) is 5.16. The maximum absolute atomic E-state index is 11.7. The molecule has 0 aromatic carbocycles. The molecule has 1 N–H and O–H groups in total. The molecule has 112 valence electrons. The molecule has 2 aromatic rings. The van der Waals surface area contributed by atoms with Crippen LogP contribution in [0.25, 0.3) is 0 Å². The maximum Gasteiger partial charge on any atom is 0.290 e. The Morgan fingerprint density at radius 1 is 1.24 bits per heavy atom. The second-order valence-corrected chi connectivity index (χ2v) is 5.43. The van der Waals surface area contributed by atoms with Crippen LogP contribution in [0.1, 0.15) is 0 Å². The highest BCUT2D eigenvalue weighted by atomic mass is 35.5. The third-order valence-corrected chi connectivity index (χ3v) is 3.80. The molecule has 8 heteroatoms. The van der Waals surface area contributed by atoms with Gasteiger partial charge in [0.15, 0.2) is 5.82 Å². The lowest BCUT2D eigenvalue weighted by molar-refractivity contribution is 0.244. The zero-order valence-corrected chi connectivity index (χ0v) is 12.3. The van der Waals surface area contributed by atoms with Gasteiger partial charge < -0.3 is 9.88 Å². The molecule has 1 aliphatic rings. The second kappa shape index (κ2) is 6.28. The molecule has 0 radical (unpaired) electrons. The molecule has 21 heavy (non-hydrogen) atoms. The summed E-state index contributed by atoms with van der Waals surface area (Å²) in [5.41, 5.74) is -0.128. The van der Waals surface area contributed by atoms with Gasteiger partial charge in [-0.3, -0.25) is 14.4 Å². The number of rotatable bonds is 4. The summed E-state index contributed by atoms with van der Waals surface area (Å²) in [6, 6.07) is 0. The summed E-state index contributed by atoms with van der Waals surface area (Å²) >= 11 is 5.84. The van der Waals surface area contributed by atoms with Crippen LogP contribution in [0.4, 0.5) is 5.82 Å². The quantitative estimate of drug-likeness (QED) is 0.887.